The van der Waals surface area contributed by atoms with E-state index in [9.17, 15) is 81.9 Å². The number of ether oxygens (including phenoxy) is 7. The molecular weight excluding hydrogens is 1630 g/mol. The van der Waals surface area contributed by atoms with Gasteiger partial charge in [-0.2, -0.15) is 0 Å². The largest absolute Gasteiger partial charge is 0.501 e. The van der Waals surface area contributed by atoms with Gasteiger partial charge in [-0.1, -0.05) is 103 Å². The molecule has 1 aromatic heterocycles. The molecular formula is C84H120N12O26S. The number of aliphatic hydroxyl groups excluding tert-OH is 4. The van der Waals surface area contributed by atoms with Gasteiger partial charge in [0, 0.05) is 91.7 Å². The standard InChI is InChI=1S/C84H120N12O26S/c1-13-50(6)72(65(114-11)44-69(100)94-35-17-20-62(94)76(115-12)51(7)77(104)87-60(81(108)109)42-52-18-15-14-16-19-52)92(9)80(107)70(48(2)3)88-79(106)71(49(4)5)93(10)84(111)118-46-53-21-24-55(25-22-53)121-123(112,113)122-64-43-54(23-30-63(64)119-82-75(103)74(102)73(101)66(45-97)120-82)78(105)85-34-40-116-41-39-96-61-29-27-57-56(26-28-59(61)89-90-96)58(57)47-117-83(110)86-33-36-91(8)37-38-95-67(98)31-32-68(95)99/h14-16,18-19,21-25,30-32,43,48-51,56-58,60,62,65-66,70-76,82,97,101-103H,13,17,20,26-29,33-42,44-47H2,1-12H3,(H,85,105)(H,86,110)(H,87,104)(H,88,106)(H,108,109)/t50?,51-,56+,57-,58?,60?,62+,65-,66-,70+,71+,72+,73+,74+,75-,76-,82?/m1/s1. The van der Waals surface area contributed by atoms with Crippen LogP contribution in [0, 0.1) is 41.4 Å². The third-order valence-corrected chi connectivity index (χ3v) is 24.4. The van der Waals surface area contributed by atoms with Crippen LogP contribution in [-0.2, 0) is 105 Å². The van der Waals surface area contributed by atoms with E-state index < -0.39 is 161 Å². The summed E-state index contributed by atoms with van der Waals surface area (Å²) in [6.07, 6.45) is -4.81. The zero-order valence-electron chi connectivity index (χ0n) is 71.7. The van der Waals surface area contributed by atoms with Crippen molar-refractivity contribution >= 4 is 69.9 Å². The molecule has 4 unspecified atom stereocenters. The maximum Gasteiger partial charge on any atom is 0.501 e. The van der Waals surface area contributed by atoms with Gasteiger partial charge in [0.05, 0.1) is 81.0 Å². The molecule has 9 N–H and O–H groups in total. The highest BCUT2D eigenvalue weighted by atomic mass is 32.3. The minimum atomic E-state index is -5.17. The van der Waals surface area contributed by atoms with E-state index in [2.05, 4.69) is 31.6 Å². The van der Waals surface area contributed by atoms with Crippen LogP contribution in [0.25, 0.3) is 0 Å². The van der Waals surface area contributed by atoms with Crippen molar-refractivity contribution in [1.29, 1.82) is 0 Å². The lowest BCUT2D eigenvalue weighted by Crippen LogP contribution is -2.60. The first-order valence-corrected chi connectivity index (χ1v) is 43.0. The number of imide groups is 1. The molecule has 0 spiro atoms. The maximum absolute atomic E-state index is 14.9. The molecule has 2 aliphatic carbocycles. The van der Waals surface area contributed by atoms with Crippen molar-refractivity contribution in [3.8, 4) is 17.2 Å². The summed E-state index contributed by atoms with van der Waals surface area (Å²) >= 11 is 0. The number of alkyl carbamates (subject to hydrolysis) is 1. The number of aryl methyl sites for hydroxylation is 1. The number of aromatic nitrogens is 3. The first kappa shape index (κ1) is 96.8. The van der Waals surface area contributed by atoms with Crippen LogP contribution in [0.15, 0.2) is 84.9 Å². The highest BCUT2D eigenvalue weighted by Gasteiger charge is 2.51. The maximum atomic E-state index is 14.9. The Morgan fingerprint density at radius 3 is 2.08 bits per heavy atom. The van der Waals surface area contributed by atoms with Crippen LogP contribution < -0.4 is 34.4 Å². The monoisotopic (exact) mass is 1740 g/mol. The van der Waals surface area contributed by atoms with Gasteiger partial charge in [-0.05, 0) is 123 Å². The van der Waals surface area contributed by atoms with Crippen molar-refractivity contribution in [2.75, 3.05) is 101 Å². The lowest BCUT2D eigenvalue weighted by molar-refractivity contribution is -0.277. The number of hydrogen-bond donors (Lipinski definition) is 9. The highest BCUT2D eigenvalue weighted by molar-refractivity contribution is 7.82. The first-order valence-electron chi connectivity index (χ1n) is 41.7. The molecule has 2 saturated heterocycles. The van der Waals surface area contributed by atoms with E-state index in [4.69, 9.17) is 41.5 Å². The fraction of sp³-hybridized carbons (Fsp3) is 0.619. The van der Waals surface area contributed by atoms with E-state index in [1.165, 1.54) is 68.7 Å². The van der Waals surface area contributed by atoms with Gasteiger partial charge in [-0.25, -0.2) is 19.1 Å². The van der Waals surface area contributed by atoms with Crippen molar-refractivity contribution in [3.63, 3.8) is 0 Å². The normalized spacial score (nSPS) is 22.0. The van der Waals surface area contributed by atoms with E-state index in [0.29, 0.717) is 82.2 Å². The van der Waals surface area contributed by atoms with Gasteiger partial charge in [-0.3, -0.25) is 43.4 Å². The van der Waals surface area contributed by atoms with E-state index in [1.807, 2.05) is 31.9 Å². The predicted octanol–water partition coefficient (Wildman–Crippen LogP) is 2.40. The topological polar surface area (TPSA) is 484 Å². The fourth-order valence-corrected chi connectivity index (χ4v) is 17.1. The van der Waals surface area contributed by atoms with Gasteiger partial charge in [-0.15, -0.1) is 13.5 Å². The number of aliphatic carboxylic acids is 1. The Hall–Kier alpha value is -9.97. The van der Waals surface area contributed by atoms with Gasteiger partial charge in [0.2, 0.25) is 29.9 Å². The van der Waals surface area contributed by atoms with Crippen molar-refractivity contribution in [2.24, 2.45) is 41.4 Å². The molecule has 9 rings (SSSR count). The number of carboxylic acids is 1. The smallest absolute Gasteiger partial charge is 0.480 e. The van der Waals surface area contributed by atoms with Crippen LogP contribution in [0.1, 0.15) is 120 Å². The summed E-state index contributed by atoms with van der Waals surface area (Å²) in [7, 11) is 2.51. The number of fused-ring (bicyclic) bond motifs is 2. The van der Waals surface area contributed by atoms with E-state index in [1.54, 1.807) is 75.5 Å². The van der Waals surface area contributed by atoms with Crippen LogP contribution in [-0.4, -0.2) is 307 Å². The van der Waals surface area contributed by atoms with Crippen LogP contribution in [0.5, 0.6) is 17.2 Å². The third kappa shape index (κ3) is 25.9. The molecule has 3 aromatic carbocycles. The van der Waals surface area contributed by atoms with Crippen LogP contribution in [0.3, 0.4) is 0 Å². The molecule has 0 bridgehead atoms. The van der Waals surface area contributed by atoms with E-state index >= 15 is 0 Å². The molecule has 123 heavy (non-hydrogen) atoms. The molecule has 0 radical (unpaired) electrons. The third-order valence-electron chi connectivity index (χ3n) is 23.6. The van der Waals surface area contributed by atoms with Crippen molar-refractivity contribution in [1.82, 2.24) is 60.8 Å². The number of amides is 9. The van der Waals surface area contributed by atoms with Crippen LogP contribution in [0.2, 0.25) is 0 Å². The number of nitrogens with one attached hydrogen (secondary N) is 4. The number of carbonyl (C=O) groups excluding carboxylic acids is 9. The number of aliphatic hydroxyl groups is 4. The van der Waals surface area contributed by atoms with Crippen molar-refractivity contribution < 1.29 is 123 Å². The molecule has 4 aromatic rings. The van der Waals surface area contributed by atoms with Gasteiger partial charge in [0.15, 0.2) is 11.5 Å². The molecule has 38 nitrogen and oxygen atoms in total. The average Bonchev–Trinajstić information content (AvgIpc) is 1.60. The zero-order chi connectivity index (χ0) is 89.7. The molecule has 17 atom stereocenters. The molecule has 5 aliphatic rings. The summed E-state index contributed by atoms with van der Waals surface area (Å²) in [5.74, 6) is -7.24. The number of likely N-dealkylation sites (N-methyl/N-ethyl adjacent to an activating group) is 3. The molecule has 678 valence electrons. The highest BCUT2D eigenvalue weighted by Crippen LogP contribution is 2.53. The molecule has 4 heterocycles. The Morgan fingerprint density at radius 1 is 0.732 bits per heavy atom. The molecule has 3 aliphatic heterocycles. The minimum Gasteiger partial charge on any atom is -0.480 e. The quantitative estimate of drug-likeness (QED) is 0.0227. The van der Waals surface area contributed by atoms with E-state index in [0.717, 1.165) is 51.7 Å². The second-order valence-electron chi connectivity index (χ2n) is 32.6. The fourth-order valence-electron chi connectivity index (χ4n) is 16.4. The van der Waals surface area contributed by atoms with Crippen molar-refractivity contribution in [2.45, 2.75) is 193 Å². The Bertz CT molecular complexity index is 4390. The first-order chi connectivity index (χ1) is 58.6. The Balaban J connectivity index is 0.748. The summed E-state index contributed by atoms with van der Waals surface area (Å²) in [5, 5.41) is 71.6. The SMILES string of the molecule is CCC(C)[C@@H]([C@@H](CC(=O)N1CCC[C@H]1[C@H](OC)[C@@H](C)C(=O)NC(Cc1ccccc1)C(=O)O)OC)N(C)C(=O)[C@@H](NC(=O)[C@H](C(C)C)N(C)C(=O)OCc1ccc(OS(=O)(=O)Oc2cc(C(=O)NCCOCCn3nnc4c3CC[C@H]3C(COC(=O)NCCN(C)CCN5C(=O)C=CC5=O)[C@H]3CC4)ccc2OC2O[C@H](CO)[C@H](O)[C@H](O)[C@H]2O)cc1)C(C)C. The summed E-state index contributed by atoms with van der Waals surface area (Å²) in [5.41, 5.74) is 2.78. The van der Waals surface area contributed by atoms with Crippen LogP contribution >= 0.6 is 0 Å². The van der Waals surface area contributed by atoms with Gasteiger partial charge in [0.1, 0.15) is 54.9 Å². The Labute approximate surface area is 716 Å². The molecule has 39 heteroatoms. The van der Waals surface area contributed by atoms with Gasteiger partial charge >= 0.3 is 28.6 Å². The second kappa shape index (κ2) is 45.1. The molecule has 9 amide bonds. The number of methoxy groups -OCH3 is 2. The van der Waals surface area contributed by atoms with Crippen molar-refractivity contribution in [3.05, 3.63) is 113 Å². The Morgan fingerprint density at radius 2 is 1.43 bits per heavy atom. The predicted molar refractivity (Wildman–Crippen MR) is 440 cm³/mol. The number of hydrogen-bond acceptors (Lipinski definition) is 28. The lowest BCUT2D eigenvalue weighted by atomic mass is 9.89. The number of carboxylic acid groups (broad SMARTS) is 1. The zero-order valence-corrected chi connectivity index (χ0v) is 72.5. The van der Waals surface area contributed by atoms with E-state index in [-0.39, 0.29) is 93.2 Å². The number of carbonyl (C=O) groups is 10. The van der Waals surface area contributed by atoms with Gasteiger partial charge in [0.25, 0.3) is 17.7 Å². The summed E-state index contributed by atoms with van der Waals surface area (Å²) in [4.78, 5) is 141. The average molecular weight is 1750 g/mol. The van der Waals surface area contributed by atoms with Gasteiger partial charge < -0.3 is 103 Å². The number of rotatable bonds is 45. The second-order valence-corrected chi connectivity index (χ2v) is 33.7. The summed E-state index contributed by atoms with van der Waals surface area (Å²) in [6, 6.07) is 12.7. The van der Waals surface area contributed by atoms with Crippen LogP contribution in [0.4, 0.5) is 9.59 Å². The minimum absolute atomic E-state index is 0.0149. The summed E-state index contributed by atoms with van der Waals surface area (Å²) < 4.78 is 80.6. The number of nitrogens with zero attached hydrogens (tertiary/aromatic N) is 8. The summed E-state index contributed by atoms with van der Waals surface area (Å²) in [6.45, 7) is 13.9. The molecule has 1 saturated carbocycles. The molecule has 3 fully saturated rings. The number of likely N-dealkylation sites (tertiary alicyclic amines) is 1. The Kier molecular flexibility index (Phi) is 35.5. The number of benzene rings is 3. The lowest BCUT2D eigenvalue weighted by Gasteiger charge is -2.41.